The number of carbonyl (C=O) groups is 1. The number of ether oxygens (including phenoxy) is 1. The van der Waals surface area contributed by atoms with Crippen molar-refractivity contribution in [2.24, 2.45) is 5.92 Å². The van der Waals surface area contributed by atoms with Crippen molar-refractivity contribution in [2.45, 2.75) is 32.3 Å². The molecule has 1 aromatic heterocycles. The molecule has 170 valence electrons. The first kappa shape index (κ1) is 24.3. The topological polar surface area (TPSA) is 103 Å². The number of fused-ring (bicyclic) bond motifs is 1. The molecule has 3 rings (SSSR count). The molecule has 0 aliphatic rings. The Bertz CT molecular complexity index is 1350. The molecule has 0 amide bonds. The van der Waals surface area contributed by atoms with Crippen LogP contribution in [0.2, 0.25) is 10.0 Å². The van der Waals surface area contributed by atoms with Gasteiger partial charge in [-0.2, -0.15) is 0 Å². The van der Waals surface area contributed by atoms with Crippen LogP contribution in [0.3, 0.4) is 0 Å². The number of hydrogen-bond acceptors (Lipinski definition) is 6. The average molecular weight is 498 g/mol. The van der Waals surface area contributed by atoms with Crippen LogP contribution in [0.5, 0.6) is 0 Å². The highest BCUT2D eigenvalue weighted by molar-refractivity contribution is 7.89. The van der Waals surface area contributed by atoms with Gasteiger partial charge in [-0.25, -0.2) is 22.7 Å². The number of nitrogens with one attached hydrogen (secondary N) is 1. The molecular formula is C22H21Cl2NO6S. The molecule has 0 spiro atoms. The zero-order valence-corrected chi connectivity index (χ0v) is 19.9. The molecule has 0 aliphatic heterocycles. The van der Waals surface area contributed by atoms with Gasteiger partial charge in [0.25, 0.3) is 0 Å². The number of benzene rings is 2. The van der Waals surface area contributed by atoms with E-state index in [0.29, 0.717) is 16.5 Å². The fraction of sp³-hybridized carbons (Fsp3) is 0.273. The second-order valence-corrected chi connectivity index (χ2v) is 10.2. The van der Waals surface area contributed by atoms with Gasteiger partial charge in [0.2, 0.25) is 10.0 Å². The van der Waals surface area contributed by atoms with E-state index in [1.54, 1.807) is 12.1 Å². The first-order valence-electron chi connectivity index (χ1n) is 9.67. The molecule has 32 heavy (non-hydrogen) atoms. The van der Waals surface area contributed by atoms with E-state index < -0.39 is 21.6 Å². The van der Waals surface area contributed by atoms with Crippen molar-refractivity contribution in [3.8, 4) is 0 Å². The van der Waals surface area contributed by atoms with Crippen LogP contribution in [0.25, 0.3) is 11.0 Å². The normalized spacial score (nSPS) is 11.8. The summed E-state index contributed by atoms with van der Waals surface area (Å²) in [5.41, 5.74) is 0.980. The smallest absolute Gasteiger partial charge is 0.340 e. The Morgan fingerprint density at radius 1 is 1.12 bits per heavy atom. The van der Waals surface area contributed by atoms with Crippen LogP contribution in [-0.4, -0.2) is 20.9 Å². The Balaban J connectivity index is 1.89. The summed E-state index contributed by atoms with van der Waals surface area (Å²) in [6.45, 7) is 5.52. The van der Waals surface area contributed by atoms with Crippen LogP contribution < -0.4 is 10.3 Å². The maximum atomic E-state index is 12.7. The van der Waals surface area contributed by atoms with Gasteiger partial charge in [0.1, 0.15) is 17.1 Å². The number of esters is 1. The fourth-order valence-corrected chi connectivity index (χ4v) is 4.99. The summed E-state index contributed by atoms with van der Waals surface area (Å²) >= 11 is 12.2. The van der Waals surface area contributed by atoms with Crippen LogP contribution in [0.15, 0.2) is 50.5 Å². The molecular weight excluding hydrogens is 477 g/mol. The molecule has 10 heteroatoms. The summed E-state index contributed by atoms with van der Waals surface area (Å²) in [5, 5.41) is 0.437. The molecule has 0 unspecified atom stereocenters. The summed E-state index contributed by atoms with van der Waals surface area (Å²) in [5.74, 6) is -0.789. The monoisotopic (exact) mass is 497 g/mol. The second kappa shape index (κ2) is 9.62. The Morgan fingerprint density at radius 2 is 1.84 bits per heavy atom. The van der Waals surface area contributed by atoms with Crippen molar-refractivity contribution in [1.29, 1.82) is 0 Å². The summed E-state index contributed by atoms with van der Waals surface area (Å²) in [7, 11) is -3.97. The summed E-state index contributed by atoms with van der Waals surface area (Å²) in [4.78, 5) is 24.3. The number of sulfonamides is 1. The number of hydrogen-bond donors (Lipinski definition) is 1. The summed E-state index contributed by atoms with van der Waals surface area (Å²) in [6.07, 6.45) is 0. The number of rotatable bonds is 7. The predicted molar refractivity (Wildman–Crippen MR) is 123 cm³/mol. The number of halogens is 2. The van der Waals surface area contributed by atoms with Crippen molar-refractivity contribution < 1.29 is 22.4 Å². The van der Waals surface area contributed by atoms with E-state index in [4.69, 9.17) is 32.4 Å². The molecule has 0 radical (unpaired) electrons. The van der Waals surface area contributed by atoms with Gasteiger partial charge in [0, 0.05) is 23.6 Å². The number of carbonyl (C=O) groups excluding carboxylic acids is 1. The Morgan fingerprint density at radius 3 is 2.53 bits per heavy atom. The first-order chi connectivity index (χ1) is 15.0. The second-order valence-electron chi connectivity index (χ2n) is 7.67. The van der Waals surface area contributed by atoms with Crippen molar-refractivity contribution in [3.05, 3.63) is 73.6 Å². The highest BCUT2D eigenvalue weighted by Gasteiger charge is 2.23. The molecule has 1 N–H and O–H groups in total. The Kier molecular flexibility index (Phi) is 7.29. The Hall–Kier alpha value is -2.39. The van der Waals surface area contributed by atoms with Crippen LogP contribution >= 0.6 is 23.2 Å². The van der Waals surface area contributed by atoms with E-state index in [1.165, 1.54) is 12.1 Å². The summed E-state index contributed by atoms with van der Waals surface area (Å²) < 4.78 is 38.2. The first-order valence-corrected chi connectivity index (χ1v) is 11.9. The molecule has 2 aromatic carbocycles. The van der Waals surface area contributed by atoms with E-state index in [0.717, 1.165) is 11.6 Å². The average Bonchev–Trinajstić information content (AvgIpc) is 2.69. The molecule has 7 nitrogen and oxygen atoms in total. The van der Waals surface area contributed by atoms with Crippen molar-refractivity contribution in [1.82, 2.24) is 4.72 Å². The van der Waals surface area contributed by atoms with Gasteiger partial charge < -0.3 is 9.15 Å². The van der Waals surface area contributed by atoms with Gasteiger partial charge in [-0.15, -0.1) is 0 Å². The zero-order valence-electron chi connectivity index (χ0n) is 17.6. The van der Waals surface area contributed by atoms with E-state index in [1.807, 2.05) is 26.8 Å². The highest BCUT2D eigenvalue weighted by atomic mass is 35.5. The number of aryl methyl sites for hydroxylation is 1. The summed E-state index contributed by atoms with van der Waals surface area (Å²) in [6, 6.07) is 8.80. The minimum Gasteiger partial charge on any atom is -0.457 e. The third-order valence-corrected chi connectivity index (χ3v) is 6.76. The van der Waals surface area contributed by atoms with Crippen molar-refractivity contribution in [2.75, 3.05) is 6.54 Å². The molecule has 3 aromatic rings. The van der Waals surface area contributed by atoms with Crippen LogP contribution in [-0.2, 0) is 21.4 Å². The molecule has 0 fully saturated rings. The maximum Gasteiger partial charge on any atom is 0.340 e. The molecule has 0 saturated heterocycles. The molecule has 0 aliphatic carbocycles. The van der Waals surface area contributed by atoms with Crippen molar-refractivity contribution >= 4 is 50.2 Å². The third kappa shape index (κ3) is 5.50. The van der Waals surface area contributed by atoms with Crippen molar-refractivity contribution in [3.63, 3.8) is 0 Å². The van der Waals surface area contributed by atoms with Crippen LogP contribution in [0.1, 0.15) is 35.3 Å². The van der Waals surface area contributed by atoms with Gasteiger partial charge in [-0.3, -0.25) is 0 Å². The van der Waals surface area contributed by atoms with E-state index in [-0.39, 0.29) is 39.6 Å². The van der Waals surface area contributed by atoms with E-state index in [9.17, 15) is 18.0 Å². The third-order valence-electron chi connectivity index (χ3n) is 4.56. The maximum absolute atomic E-state index is 12.7. The van der Waals surface area contributed by atoms with Crippen LogP contribution in [0.4, 0.5) is 0 Å². The largest absolute Gasteiger partial charge is 0.457 e. The van der Waals surface area contributed by atoms with Gasteiger partial charge in [0.05, 0.1) is 15.6 Å². The van der Waals surface area contributed by atoms with E-state index in [2.05, 4.69) is 4.72 Å². The Labute approximate surface area is 195 Å². The minimum atomic E-state index is -3.97. The molecule has 1 heterocycles. The van der Waals surface area contributed by atoms with Crippen LogP contribution in [0, 0.1) is 12.8 Å². The standard InChI is InChI=1S/C22H21Cl2NO6S/c1-12(2)10-25-32(28,29)20-8-16(17(23)9-18(20)24)22(27)30-11-14-7-21(26)31-19-6-13(3)4-5-15(14)19/h4-9,12,25H,10-11H2,1-3H3. The molecule has 0 atom stereocenters. The molecule has 0 bridgehead atoms. The lowest BCUT2D eigenvalue weighted by Crippen LogP contribution is -2.28. The van der Waals surface area contributed by atoms with Gasteiger partial charge in [0.15, 0.2) is 0 Å². The lowest BCUT2D eigenvalue weighted by atomic mass is 10.1. The lowest BCUT2D eigenvalue weighted by molar-refractivity contribution is 0.0473. The lowest BCUT2D eigenvalue weighted by Gasteiger charge is -2.13. The SMILES string of the molecule is Cc1ccc2c(COC(=O)c3cc(S(=O)(=O)NCC(C)C)c(Cl)cc3Cl)cc(=O)oc2c1. The molecule has 0 saturated carbocycles. The van der Waals surface area contributed by atoms with Gasteiger partial charge in [-0.05, 0) is 36.6 Å². The highest BCUT2D eigenvalue weighted by Crippen LogP contribution is 2.29. The van der Waals surface area contributed by atoms with Gasteiger partial charge in [-0.1, -0.05) is 49.2 Å². The quantitative estimate of drug-likeness (QED) is 0.374. The fourth-order valence-electron chi connectivity index (χ4n) is 2.92. The predicted octanol–water partition coefficient (Wildman–Crippen LogP) is 4.70. The van der Waals surface area contributed by atoms with Gasteiger partial charge >= 0.3 is 11.6 Å². The van der Waals surface area contributed by atoms with E-state index >= 15 is 0 Å². The minimum absolute atomic E-state index is 0.0594. The zero-order chi connectivity index (χ0) is 23.6.